The van der Waals surface area contributed by atoms with Gasteiger partial charge in [-0.25, -0.2) is 4.39 Å². The van der Waals surface area contributed by atoms with Gasteiger partial charge in [0.15, 0.2) is 11.6 Å². The van der Waals surface area contributed by atoms with Crippen LogP contribution in [0.15, 0.2) is 18.2 Å². The molecule has 4 saturated carbocycles. The van der Waals surface area contributed by atoms with Crippen molar-refractivity contribution in [2.75, 3.05) is 7.11 Å². The van der Waals surface area contributed by atoms with Crippen molar-refractivity contribution in [1.82, 2.24) is 0 Å². The average Bonchev–Trinajstić information content (AvgIpc) is 2.45. The molecule has 1 N–H and O–H groups in total. The first kappa shape index (κ1) is 13.6. The Hall–Kier alpha value is -1.09. The Labute approximate surface area is 125 Å². The van der Waals surface area contributed by atoms with Gasteiger partial charge in [0.05, 0.1) is 13.2 Å². The van der Waals surface area contributed by atoms with Gasteiger partial charge in [0.2, 0.25) is 0 Å². The predicted molar refractivity (Wildman–Crippen MR) is 78.4 cm³/mol. The highest BCUT2D eigenvalue weighted by Gasteiger charge is 2.50. The molecule has 3 heteroatoms. The molecule has 1 atom stereocenters. The zero-order chi connectivity index (χ0) is 14.6. The highest BCUT2D eigenvalue weighted by atomic mass is 19.1. The third kappa shape index (κ3) is 2.17. The quantitative estimate of drug-likeness (QED) is 0.913. The van der Waals surface area contributed by atoms with Crippen molar-refractivity contribution < 1.29 is 14.2 Å². The summed E-state index contributed by atoms with van der Waals surface area (Å²) in [5.74, 6) is 3.26. The van der Waals surface area contributed by atoms with E-state index in [0.717, 1.165) is 11.8 Å². The SMILES string of the molecule is COc1ccc(C(O)C2C3CC4CC(C3)CC2C4)cc1F. The van der Waals surface area contributed by atoms with Crippen molar-refractivity contribution >= 4 is 0 Å². The standard InChI is InChI=1S/C18H23FO2/c1-21-16-3-2-12(9-15(16)19)18(20)17-13-5-10-4-11(7-13)8-14(17)6-10/h2-3,9-11,13-14,17-18,20H,4-8H2,1H3. The van der Waals surface area contributed by atoms with E-state index >= 15 is 0 Å². The molecule has 0 radical (unpaired) electrons. The Morgan fingerprint density at radius 1 is 1.10 bits per heavy atom. The molecule has 0 aliphatic heterocycles. The van der Waals surface area contributed by atoms with Crippen molar-refractivity contribution in [2.45, 2.75) is 38.2 Å². The number of halogens is 1. The van der Waals surface area contributed by atoms with Gasteiger partial charge in [-0.15, -0.1) is 0 Å². The summed E-state index contributed by atoms with van der Waals surface area (Å²) >= 11 is 0. The molecular formula is C18H23FO2. The highest BCUT2D eigenvalue weighted by Crippen LogP contribution is 2.59. The molecule has 0 heterocycles. The van der Waals surface area contributed by atoms with Crippen molar-refractivity contribution in [3.05, 3.63) is 29.6 Å². The molecular weight excluding hydrogens is 267 g/mol. The Bertz CT molecular complexity index is 514. The molecule has 1 aromatic carbocycles. The Kier molecular flexibility index (Phi) is 3.21. The van der Waals surface area contributed by atoms with Crippen LogP contribution in [-0.2, 0) is 0 Å². The zero-order valence-corrected chi connectivity index (χ0v) is 12.5. The van der Waals surface area contributed by atoms with Gasteiger partial charge in [-0.3, -0.25) is 0 Å². The first-order valence-corrected chi connectivity index (χ1v) is 8.17. The lowest BCUT2D eigenvalue weighted by Crippen LogP contribution is -2.47. The summed E-state index contributed by atoms with van der Waals surface area (Å²) in [7, 11) is 1.46. The molecule has 2 nitrogen and oxygen atoms in total. The topological polar surface area (TPSA) is 29.5 Å². The lowest BCUT2D eigenvalue weighted by Gasteiger charge is -2.55. The van der Waals surface area contributed by atoms with Crippen molar-refractivity contribution in [1.29, 1.82) is 0 Å². The Balaban J connectivity index is 1.60. The molecule has 4 bridgehead atoms. The van der Waals surface area contributed by atoms with Gasteiger partial charge in [-0.1, -0.05) is 6.07 Å². The minimum atomic E-state index is -0.527. The monoisotopic (exact) mass is 290 g/mol. The van der Waals surface area contributed by atoms with Crippen LogP contribution in [0.2, 0.25) is 0 Å². The van der Waals surface area contributed by atoms with Crippen LogP contribution in [0.4, 0.5) is 4.39 Å². The van der Waals surface area contributed by atoms with Crippen LogP contribution in [0.25, 0.3) is 0 Å². The minimum Gasteiger partial charge on any atom is -0.494 e. The number of ether oxygens (including phenoxy) is 1. The van der Waals surface area contributed by atoms with E-state index in [1.807, 2.05) is 6.07 Å². The maximum absolute atomic E-state index is 13.9. The summed E-state index contributed by atoms with van der Waals surface area (Å²) in [6, 6.07) is 4.90. The summed E-state index contributed by atoms with van der Waals surface area (Å²) in [4.78, 5) is 0. The fourth-order valence-electron chi connectivity index (χ4n) is 5.57. The van der Waals surface area contributed by atoms with E-state index in [0.29, 0.717) is 23.3 Å². The molecule has 0 spiro atoms. The van der Waals surface area contributed by atoms with Crippen LogP contribution in [0.1, 0.15) is 43.8 Å². The van der Waals surface area contributed by atoms with Crippen LogP contribution in [0.5, 0.6) is 5.75 Å². The molecule has 0 saturated heterocycles. The van der Waals surface area contributed by atoms with Crippen LogP contribution in [0, 0.1) is 35.4 Å². The molecule has 5 rings (SSSR count). The predicted octanol–water partition coefficient (Wildman–Crippen LogP) is 3.94. The molecule has 1 unspecified atom stereocenters. The van der Waals surface area contributed by atoms with E-state index in [9.17, 15) is 9.50 Å². The van der Waals surface area contributed by atoms with E-state index in [-0.39, 0.29) is 11.6 Å². The minimum absolute atomic E-state index is 0.246. The van der Waals surface area contributed by atoms with E-state index in [1.54, 1.807) is 6.07 Å². The Morgan fingerprint density at radius 2 is 1.71 bits per heavy atom. The molecule has 4 fully saturated rings. The fraction of sp³-hybridized carbons (Fsp3) is 0.667. The normalized spacial score (nSPS) is 38.5. The fourth-order valence-corrected chi connectivity index (χ4v) is 5.57. The number of hydrogen-bond acceptors (Lipinski definition) is 2. The highest BCUT2D eigenvalue weighted by molar-refractivity contribution is 5.31. The molecule has 4 aliphatic rings. The lowest BCUT2D eigenvalue weighted by molar-refractivity contribution is -0.0908. The summed E-state index contributed by atoms with van der Waals surface area (Å²) in [5, 5.41) is 10.8. The van der Waals surface area contributed by atoms with Crippen molar-refractivity contribution in [3.8, 4) is 5.75 Å². The number of aliphatic hydroxyl groups is 1. The van der Waals surface area contributed by atoms with Gasteiger partial charge in [0.1, 0.15) is 0 Å². The summed E-state index contributed by atoms with van der Waals surface area (Å²) in [6.45, 7) is 0. The molecule has 0 aromatic heterocycles. The zero-order valence-electron chi connectivity index (χ0n) is 12.5. The first-order chi connectivity index (χ1) is 10.2. The second-order valence-corrected chi connectivity index (χ2v) is 7.35. The maximum Gasteiger partial charge on any atom is 0.165 e. The number of benzene rings is 1. The van der Waals surface area contributed by atoms with E-state index in [1.165, 1.54) is 45.3 Å². The molecule has 21 heavy (non-hydrogen) atoms. The van der Waals surface area contributed by atoms with Crippen molar-refractivity contribution in [2.24, 2.45) is 29.6 Å². The van der Waals surface area contributed by atoms with Crippen LogP contribution < -0.4 is 4.74 Å². The van der Waals surface area contributed by atoms with Gasteiger partial charge >= 0.3 is 0 Å². The van der Waals surface area contributed by atoms with E-state index < -0.39 is 6.10 Å². The average molecular weight is 290 g/mol. The third-order valence-corrected chi connectivity index (χ3v) is 6.18. The smallest absolute Gasteiger partial charge is 0.165 e. The summed E-state index contributed by atoms with van der Waals surface area (Å²) in [6.07, 6.45) is 5.97. The molecule has 114 valence electrons. The first-order valence-electron chi connectivity index (χ1n) is 8.17. The molecule has 1 aromatic rings. The number of hydrogen-bond donors (Lipinski definition) is 1. The van der Waals surface area contributed by atoms with Gasteiger partial charge in [0.25, 0.3) is 0 Å². The van der Waals surface area contributed by atoms with Gasteiger partial charge in [0, 0.05) is 0 Å². The van der Waals surface area contributed by atoms with Crippen LogP contribution in [0.3, 0.4) is 0 Å². The number of aliphatic hydroxyl groups excluding tert-OH is 1. The van der Waals surface area contributed by atoms with Gasteiger partial charge in [-0.2, -0.15) is 0 Å². The lowest BCUT2D eigenvalue weighted by atomic mass is 9.50. The second kappa shape index (κ2) is 4.98. The Morgan fingerprint density at radius 3 is 2.24 bits per heavy atom. The van der Waals surface area contributed by atoms with E-state index in [4.69, 9.17) is 4.74 Å². The van der Waals surface area contributed by atoms with Crippen LogP contribution >= 0.6 is 0 Å². The van der Waals surface area contributed by atoms with Gasteiger partial charge in [-0.05, 0) is 79.4 Å². The van der Waals surface area contributed by atoms with Gasteiger partial charge < -0.3 is 9.84 Å². The number of methoxy groups -OCH3 is 1. The third-order valence-electron chi connectivity index (χ3n) is 6.18. The molecule has 0 amide bonds. The second-order valence-electron chi connectivity index (χ2n) is 7.35. The largest absolute Gasteiger partial charge is 0.494 e. The summed E-state index contributed by atoms with van der Waals surface area (Å²) in [5.41, 5.74) is 0.714. The summed E-state index contributed by atoms with van der Waals surface area (Å²) < 4.78 is 18.9. The maximum atomic E-state index is 13.9. The molecule has 4 aliphatic carbocycles. The van der Waals surface area contributed by atoms with Crippen LogP contribution in [-0.4, -0.2) is 12.2 Å². The van der Waals surface area contributed by atoms with E-state index in [2.05, 4.69) is 0 Å². The number of rotatable bonds is 3. The van der Waals surface area contributed by atoms with Crippen molar-refractivity contribution in [3.63, 3.8) is 0 Å².